The maximum atomic E-state index is 13.0. The first kappa shape index (κ1) is 12.3. The van der Waals surface area contributed by atoms with Crippen molar-refractivity contribution in [3.8, 4) is 0 Å². The number of benzene rings is 1. The number of halogens is 1. The van der Waals surface area contributed by atoms with Crippen LogP contribution >= 0.6 is 0 Å². The van der Waals surface area contributed by atoms with E-state index in [-0.39, 0.29) is 30.1 Å². The molecule has 4 nitrogen and oxygen atoms in total. The highest BCUT2D eigenvalue weighted by molar-refractivity contribution is 6.06. The normalized spacial score (nSPS) is 23.2. The first-order chi connectivity index (χ1) is 9.15. The summed E-state index contributed by atoms with van der Waals surface area (Å²) in [5.41, 5.74) is 0.769. The van der Waals surface area contributed by atoms with Crippen LogP contribution in [0.3, 0.4) is 0 Å². The fourth-order valence-electron chi connectivity index (χ4n) is 2.41. The first-order valence-electron chi connectivity index (χ1n) is 6.49. The molecule has 0 radical (unpaired) electrons. The number of amides is 2. The summed E-state index contributed by atoms with van der Waals surface area (Å²) >= 11 is 0. The van der Waals surface area contributed by atoms with E-state index in [1.54, 1.807) is 12.1 Å². The Hall–Kier alpha value is -1.75. The predicted octanol–water partition coefficient (Wildman–Crippen LogP) is 1.21. The number of hydrogen-bond donors (Lipinski definition) is 1. The molecule has 0 bridgehead atoms. The van der Waals surface area contributed by atoms with E-state index >= 15 is 0 Å². The van der Waals surface area contributed by atoms with Crippen molar-refractivity contribution in [2.45, 2.75) is 37.9 Å². The Labute approximate surface area is 110 Å². The highest BCUT2D eigenvalue weighted by atomic mass is 19.1. The number of hydrogen-bond acceptors (Lipinski definition) is 3. The van der Waals surface area contributed by atoms with Crippen LogP contribution in [0.4, 0.5) is 4.39 Å². The third kappa shape index (κ3) is 2.51. The summed E-state index contributed by atoms with van der Waals surface area (Å²) in [5, 5.41) is 3.04. The minimum absolute atomic E-state index is 0.0933. The Morgan fingerprint density at radius 3 is 2.79 bits per heavy atom. The molecule has 1 aromatic rings. The van der Waals surface area contributed by atoms with E-state index in [1.807, 2.05) is 0 Å². The van der Waals surface area contributed by atoms with Crippen molar-refractivity contribution in [3.63, 3.8) is 0 Å². The van der Waals surface area contributed by atoms with Crippen molar-refractivity contribution in [2.75, 3.05) is 0 Å². The maximum Gasteiger partial charge on any atom is 0.247 e. The van der Waals surface area contributed by atoms with Crippen LogP contribution in [0.5, 0.6) is 0 Å². The van der Waals surface area contributed by atoms with Crippen LogP contribution in [-0.4, -0.2) is 28.8 Å². The second kappa shape index (κ2) is 4.74. The maximum absolute atomic E-state index is 13.0. The van der Waals surface area contributed by atoms with E-state index in [1.165, 1.54) is 17.0 Å². The quantitative estimate of drug-likeness (QED) is 0.830. The van der Waals surface area contributed by atoms with Crippen molar-refractivity contribution >= 4 is 11.8 Å². The van der Waals surface area contributed by atoms with Crippen molar-refractivity contribution in [3.05, 3.63) is 35.6 Å². The van der Waals surface area contributed by atoms with Crippen LogP contribution in [0.1, 0.15) is 24.8 Å². The fraction of sp³-hybridized carbons (Fsp3) is 0.429. The standard InChI is InChI=1S/C14H15FN2O2/c15-10-3-1-2-9(6-10)8-16-12-7-13(18)17(14(12)19)11-4-5-11/h1-3,6,11-12,16H,4-5,7-8H2. The summed E-state index contributed by atoms with van der Waals surface area (Å²) in [6, 6.07) is 5.88. The van der Waals surface area contributed by atoms with Crippen molar-refractivity contribution < 1.29 is 14.0 Å². The zero-order chi connectivity index (χ0) is 13.4. The molecule has 1 aliphatic heterocycles. The molecule has 3 rings (SSSR count). The highest BCUT2D eigenvalue weighted by Crippen LogP contribution is 2.31. The molecular formula is C14H15FN2O2. The van der Waals surface area contributed by atoms with Crippen LogP contribution in [0.15, 0.2) is 24.3 Å². The Morgan fingerprint density at radius 2 is 2.11 bits per heavy atom. The summed E-state index contributed by atoms with van der Waals surface area (Å²) in [6.07, 6.45) is 2.06. The molecule has 0 spiro atoms. The van der Waals surface area contributed by atoms with Gasteiger partial charge in [-0.3, -0.25) is 14.5 Å². The monoisotopic (exact) mass is 262 g/mol. The lowest BCUT2D eigenvalue weighted by atomic mass is 10.2. The van der Waals surface area contributed by atoms with E-state index < -0.39 is 6.04 Å². The van der Waals surface area contributed by atoms with E-state index in [0.717, 1.165) is 18.4 Å². The van der Waals surface area contributed by atoms with Crippen LogP contribution in [0, 0.1) is 5.82 Å². The van der Waals surface area contributed by atoms with E-state index in [4.69, 9.17) is 0 Å². The third-order valence-corrected chi connectivity index (χ3v) is 3.54. The van der Waals surface area contributed by atoms with Gasteiger partial charge in [-0.25, -0.2) is 4.39 Å². The van der Waals surface area contributed by atoms with Crippen LogP contribution < -0.4 is 5.32 Å². The zero-order valence-electron chi connectivity index (χ0n) is 10.4. The van der Waals surface area contributed by atoms with Crippen molar-refractivity contribution in [1.82, 2.24) is 10.2 Å². The number of rotatable bonds is 4. The molecule has 1 heterocycles. The lowest BCUT2D eigenvalue weighted by Gasteiger charge is -2.14. The van der Waals surface area contributed by atoms with Gasteiger partial charge in [-0.05, 0) is 30.5 Å². The molecular weight excluding hydrogens is 247 g/mol. The molecule has 100 valence electrons. The summed E-state index contributed by atoms with van der Waals surface area (Å²) in [4.78, 5) is 25.2. The Bertz CT molecular complexity index is 528. The molecule has 1 aromatic carbocycles. The van der Waals surface area contributed by atoms with Gasteiger partial charge in [0, 0.05) is 12.6 Å². The topological polar surface area (TPSA) is 49.4 Å². The Morgan fingerprint density at radius 1 is 1.32 bits per heavy atom. The molecule has 1 saturated heterocycles. The highest BCUT2D eigenvalue weighted by Gasteiger charge is 2.45. The Balaban J connectivity index is 1.61. The molecule has 0 aromatic heterocycles. The van der Waals surface area contributed by atoms with Gasteiger partial charge < -0.3 is 5.32 Å². The predicted molar refractivity (Wildman–Crippen MR) is 66.5 cm³/mol. The summed E-state index contributed by atoms with van der Waals surface area (Å²) in [7, 11) is 0. The summed E-state index contributed by atoms with van der Waals surface area (Å²) in [5.74, 6) is -0.527. The zero-order valence-corrected chi connectivity index (χ0v) is 10.4. The fourth-order valence-corrected chi connectivity index (χ4v) is 2.41. The molecule has 2 fully saturated rings. The molecule has 5 heteroatoms. The van der Waals surface area contributed by atoms with Gasteiger partial charge in [-0.15, -0.1) is 0 Å². The molecule has 1 atom stereocenters. The van der Waals surface area contributed by atoms with Crippen LogP contribution in [0.2, 0.25) is 0 Å². The lowest BCUT2D eigenvalue weighted by Crippen LogP contribution is -2.39. The van der Waals surface area contributed by atoms with E-state index in [2.05, 4.69) is 5.32 Å². The molecule has 1 aliphatic carbocycles. The van der Waals surface area contributed by atoms with Gasteiger partial charge in [0.25, 0.3) is 0 Å². The van der Waals surface area contributed by atoms with Crippen molar-refractivity contribution in [2.24, 2.45) is 0 Å². The Kier molecular flexibility index (Phi) is 3.06. The van der Waals surface area contributed by atoms with Gasteiger partial charge in [0.2, 0.25) is 11.8 Å². The molecule has 2 aliphatic rings. The molecule has 1 N–H and O–H groups in total. The van der Waals surface area contributed by atoms with Crippen LogP contribution in [-0.2, 0) is 16.1 Å². The number of carbonyl (C=O) groups excluding carboxylic acids is 2. The van der Waals surface area contributed by atoms with Gasteiger partial charge in [0.05, 0.1) is 12.5 Å². The average Bonchev–Trinajstić information content (AvgIpc) is 3.15. The number of imide groups is 1. The summed E-state index contributed by atoms with van der Waals surface area (Å²) < 4.78 is 13.0. The SMILES string of the molecule is O=C1CC(NCc2cccc(F)c2)C(=O)N1C1CC1. The minimum atomic E-state index is -0.462. The number of nitrogens with one attached hydrogen (secondary N) is 1. The van der Waals surface area contributed by atoms with Crippen molar-refractivity contribution in [1.29, 1.82) is 0 Å². The van der Waals surface area contributed by atoms with Gasteiger partial charge >= 0.3 is 0 Å². The van der Waals surface area contributed by atoms with Gasteiger partial charge in [0.15, 0.2) is 0 Å². The largest absolute Gasteiger partial charge is 0.301 e. The smallest absolute Gasteiger partial charge is 0.247 e. The molecule has 19 heavy (non-hydrogen) atoms. The van der Waals surface area contributed by atoms with E-state index in [0.29, 0.717) is 6.54 Å². The first-order valence-corrected chi connectivity index (χ1v) is 6.49. The number of likely N-dealkylation sites (tertiary alicyclic amines) is 1. The molecule has 1 unspecified atom stereocenters. The minimum Gasteiger partial charge on any atom is -0.301 e. The number of nitrogens with zero attached hydrogens (tertiary/aromatic N) is 1. The molecule has 2 amide bonds. The third-order valence-electron chi connectivity index (χ3n) is 3.54. The summed E-state index contributed by atoms with van der Waals surface area (Å²) in [6.45, 7) is 0.389. The lowest BCUT2D eigenvalue weighted by molar-refractivity contribution is -0.139. The number of carbonyl (C=O) groups is 2. The van der Waals surface area contributed by atoms with Gasteiger partial charge in [-0.1, -0.05) is 12.1 Å². The second-order valence-corrected chi connectivity index (χ2v) is 5.10. The second-order valence-electron chi connectivity index (χ2n) is 5.10. The average molecular weight is 262 g/mol. The van der Waals surface area contributed by atoms with Gasteiger partial charge in [0.1, 0.15) is 5.82 Å². The van der Waals surface area contributed by atoms with E-state index in [9.17, 15) is 14.0 Å². The van der Waals surface area contributed by atoms with Crippen LogP contribution in [0.25, 0.3) is 0 Å². The van der Waals surface area contributed by atoms with Gasteiger partial charge in [-0.2, -0.15) is 0 Å². The molecule has 1 saturated carbocycles.